The fourth-order valence-corrected chi connectivity index (χ4v) is 1.81. The zero-order valence-corrected chi connectivity index (χ0v) is 10.7. The summed E-state index contributed by atoms with van der Waals surface area (Å²) in [4.78, 5) is 15.4. The van der Waals surface area contributed by atoms with Gasteiger partial charge in [-0.2, -0.15) is 0 Å². The fourth-order valence-electron chi connectivity index (χ4n) is 1.37. The first-order chi connectivity index (χ1) is 8.15. The van der Waals surface area contributed by atoms with Gasteiger partial charge in [-0.1, -0.05) is 23.2 Å². The number of nitrogens with one attached hydrogen (secondary N) is 2. The second-order valence-electron chi connectivity index (χ2n) is 4.00. The summed E-state index contributed by atoms with van der Waals surface area (Å²) in [6.45, 7) is 0.507. The second-order valence-corrected chi connectivity index (χ2v) is 4.85. The van der Waals surface area contributed by atoms with Crippen molar-refractivity contribution in [3.8, 4) is 0 Å². The summed E-state index contributed by atoms with van der Waals surface area (Å²) in [5, 5.41) is 6.86. The van der Waals surface area contributed by atoms with E-state index in [0.717, 1.165) is 12.8 Å². The van der Waals surface area contributed by atoms with E-state index >= 15 is 0 Å². The highest BCUT2D eigenvalue weighted by Crippen LogP contribution is 2.22. The SMILES string of the molecule is O=C(CCNc1ncc(Cl)cc1Cl)NC1CC1. The molecule has 92 valence electrons. The third-order valence-corrected chi connectivity index (χ3v) is 2.89. The van der Waals surface area contributed by atoms with E-state index in [2.05, 4.69) is 15.6 Å². The lowest BCUT2D eigenvalue weighted by atomic mass is 10.3. The van der Waals surface area contributed by atoms with Crippen LogP contribution < -0.4 is 10.6 Å². The molecule has 0 saturated heterocycles. The van der Waals surface area contributed by atoms with Crippen LogP contribution in [-0.4, -0.2) is 23.5 Å². The quantitative estimate of drug-likeness (QED) is 0.867. The first-order valence-corrected chi connectivity index (χ1v) is 6.25. The number of hydrogen-bond acceptors (Lipinski definition) is 3. The van der Waals surface area contributed by atoms with Crippen molar-refractivity contribution in [2.75, 3.05) is 11.9 Å². The lowest BCUT2D eigenvalue weighted by Gasteiger charge is -2.07. The van der Waals surface area contributed by atoms with Gasteiger partial charge in [-0.3, -0.25) is 4.79 Å². The Kier molecular flexibility index (Phi) is 4.07. The zero-order chi connectivity index (χ0) is 12.3. The van der Waals surface area contributed by atoms with E-state index in [1.54, 1.807) is 6.07 Å². The van der Waals surface area contributed by atoms with Gasteiger partial charge in [-0.15, -0.1) is 0 Å². The van der Waals surface area contributed by atoms with Crippen LogP contribution in [0.2, 0.25) is 10.0 Å². The van der Waals surface area contributed by atoms with Crippen molar-refractivity contribution in [3.63, 3.8) is 0 Å². The fraction of sp³-hybridized carbons (Fsp3) is 0.455. The molecule has 0 unspecified atom stereocenters. The Morgan fingerprint density at radius 1 is 1.47 bits per heavy atom. The molecule has 1 aliphatic carbocycles. The van der Waals surface area contributed by atoms with E-state index in [9.17, 15) is 4.79 Å². The molecular weight excluding hydrogens is 261 g/mol. The molecule has 1 aliphatic rings. The summed E-state index contributed by atoms with van der Waals surface area (Å²) in [5.74, 6) is 0.611. The maximum absolute atomic E-state index is 11.4. The summed E-state index contributed by atoms with van der Waals surface area (Å²) < 4.78 is 0. The molecule has 0 atom stereocenters. The summed E-state index contributed by atoms with van der Waals surface area (Å²) >= 11 is 11.7. The van der Waals surface area contributed by atoms with Crippen molar-refractivity contribution in [1.82, 2.24) is 10.3 Å². The summed E-state index contributed by atoms with van der Waals surface area (Å²) in [5.41, 5.74) is 0. The number of rotatable bonds is 5. The van der Waals surface area contributed by atoms with Gasteiger partial charge >= 0.3 is 0 Å². The normalized spacial score (nSPS) is 14.5. The number of aromatic nitrogens is 1. The minimum atomic E-state index is 0.0603. The van der Waals surface area contributed by atoms with Gasteiger partial charge in [0.25, 0.3) is 0 Å². The molecule has 0 radical (unpaired) electrons. The third-order valence-electron chi connectivity index (χ3n) is 2.39. The molecule has 2 N–H and O–H groups in total. The summed E-state index contributed by atoms with van der Waals surface area (Å²) in [6.07, 6.45) is 4.13. The Balaban J connectivity index is 1.75. The molecular formula is C11H13Cl2N3O. The second kappa shape index (κ2) is 5.56. The van der Waals surface area contributed by atoms with E-state index < -0.39 is 0 Å². The number of carbonyl (C=O) groups is 1. The Bertz CT molecular complexity index is 421. The molecule has 17 heavy (non-hydrogen) atoms. The molecule has 1 amide bonds. The van der Waals surface area contributed by atoms with Crippen LogP contribution in [0.1, 0.15) is 19.3 Å². The smallest absolute Gasteiger partial charge is 0.221 e. The molecule has 0 bridgehead atoms. The Hall–Kier alpha value is -1.00. The van der Waals surface area contributed by atoms with E-state index in [0.29, 0.717) is 34.9 Å². The average Bonchev–Trinajstić information content (AvgIpc) is 3.05. The van der Waals surface area contributed by atoms with Crippen molar-refractivity contribution in [3.05, 3.63) is 22.3 Å². The molecule has 6 heteroatoms. The third kappa shape index (κ3) is 4.06. The van der Waals surface area contributed by atoms with Crippen molar-refractivity contribution < 1.29 is 4.79 Å². The standard InChI is InChI=1S/C11H13Cl2N3O/c12-7-5-9(13)11(15-6-7)14-4-3-10(17)16-8-1-2-8/h5-6,8H,1-4H2,(H,14,15)(H,16,17). The number of amides is 1. The molecule has 0 aromatic carbocycles. The van der Waals surface area contributed by atoms with Gasteiger partial charge in [-0.25, -0.2) is 4.98 Å². The van der Waals surface area contributed by atoms with Gasteiger partial charge in [0.1, 0.15) is 5.82 Å². The number of anilines is 1. The highest BCUT2D eigenvalue weighted by molar-refractivity contribution is 6.35. The van der Waals surface area contributed by atoms with Crippen molar-refractivity contribution in [2.24, 2.45) is 0 Å². The van der Waals surface area contributed by atoms with Crippen molar-refractivity contribution in [1.29, 1.82) is 0 Å². The predicted molar refractivity (Wildman–Crippen MR) is 68.5 cm³/mol. The van der Waals surface area contributed by atoms with Crippen LogP contribution in [0.5, 0.6) is 0 Å². The topological polar surface area (TPSA) is 54.0 Å². The first-order valence-electron chi connectivity index (χ1n) is 5.49. The number of nitrogens with zero attached hydrogens (tertiary/aromatic N) is 1. The van der Waals surface area contributed by atoms with Crippen molar-refractivity contribution in [2.45, 2.75) is 25.3 Å². The highest BCUT2D eigenvalue weighted by atomic mass is 35.5. The first kappa shape index (κ1) is 12.5. The maximum atomic E-state index is 11.4. The van der Waals surface area contributed by atoms with Gasteiger partial charge < -0.3 is 10.6 Å². The van der Waals surface area contributed by atoms with Crippen LogP contribution in [0.25, 0.3) is 0 Å². The maximum Gasteiger partial charge on any atom is 0.221 e. The number of pyridine rings is 1. The molecule has 1 fully saturated rings. The number of carbonyl (C=O) groups excluding carboxylic acids is 1. The molecule has 0 aliphatic heterocycles. The van der Waals surface area contributed by atoms with Gasteiger partial charge in [-0.05, 0) is 18.9 Å². The number of halogens is 2. The Morgan fingerprint density at radius 3 is 2.88 bits per heavy atom. The van der Waals surface area contributed by atoms with Crippen LogP contribution in [-0.2, 0) is 4.79 Å². The lowest BCUT2D eigenvalue weighted by Crippen LogP contribution is -2.27. The van der Waals surface area contributed by atoms with Gasteiger partial charge in [0.15, 0.2) is 0 Å². The molecule has 1 aromatic rings. The summed E-state index contributed by atoms with van der Waals surface area (Å²) in [6, 6.07) is 2.02. The number of hydrogen-bond donors (Lipinski definition) is 2. The lowest BCUT2D eigenvalue weighted by molar-refractivity contribution is -0.120. The molecule has 1 aromatic heterocycles. The monoisotopic (exact) mass is 273 g/mol. The molecule has 0 spiro atoms. The van der Waals surface area contributed by atoms with E-state index in [1.807, 2.05) is 0 Å². The van der Waals surface area contributed by atoms with E-state index in [4.69, 9.17) is 23.2 Å². The summed E-state index contributed by atoms with van der Waals surface area (Å²) in [7, 11) is 0. The Morgan fingerprint density at radius 2 is 2.24 bits per heavy atom. The Labute approximate surface area is 110 Å². The van der Waals surface area contributed by atoms with Gasteiger partial charge in [0.05, 0.1) is 10.0 Å². The highest BCUT2D eigenvalue weighted by Gasteiger charge is 2.22. The minimum absolute atomic E-state index is 0.0603. The largest absolute Gasteiger partial charge is 0.368 e. The van der Waals surface area contributed by atoms with E-state index in [1.165, 1.54) is 6.20 Å². The molecule has 1 saturated carbocycles. The van der Waals surface area contributed by atoms with Crippen LogP contribution in [0.3, 0.4) is 0 Å². The minimum Gasteiger partial charge on any atom is -0.368 e. The van der Waals surface area contributed by atoms with Crippen LogP contribution in [0.4, 0.5) is 5.82 Å². The van der Waals surface area contributed by atoms with Crippen LogP contribution >= 0.6 is 23.2 Å². The molecule has 1 heterocycles. The molecule has 2 rings (SSSR count). The van der Waals surface area contributed by atoms with Gasteiger partial charge in [0.2, 0.25) is 5.91 Å². The van der Waals surface area contributed by atoms with Crippen LogP contribution in [0.15, 0.2) is 12.3 Å². The molecule has 4 nitrogen and oxygen atoms in total. The van der Waals surface area contributed by atoms with Crippen LogP contribution in [0, 0.1) is 0 Å². The average molecular weight is 274 g/mol. The predicted octanol–water partition coefficient (Wildman–Crippen LogP) is 2.47. The van der Waals surface area contributed by atoms with Gasteiger partial charge in [0, 0.05) is 25.2 Å². The van der Waals surface area contributed by atoms with E-state index in [-0.39, 0.29) is 5.91 Å². The zero-order valence-electron chi connectivity index (χ0n) is 9.17. The van der Waals surface area contributed by atoms with Crippen molar-refractivity contribution >= 4 is 34.9 Å².